The van der Waals surface area contributed by atoms with E-state index in [-0.39, 0.29) is 24.0 Å². The zero-order valence-electron chi connectivity index (χ0n) is 15.4. The Morgan fingerprint density at radius 1 is 0.963 bits per heavy atom. The average Bonchev–Trinajstić information content (AvgIpc) is 3.05. The zero-order chi connectivity index (χ0) is 19.4. The smallest absolute Gasteiger partial charge is 0.319 e. The van der Waals surface area contributed by atoms with Crippen LogP contribution in [0, 0.1) is 0 Å². The first kappa shape index (κ1) is 18.4. The number of nitrogens with one attached hydrogen (secondary N) is 3. The summed E-state index contributed by atoms with van der Waals surface area (Å²) < 4.78 is 1.82. The van der Waals surface area contributed by atoms with Crippen LogP contribution in [0.1, 0.15) is 43.0 Å². The molecule has 1 aromatic carbocycles. The Bertz CT molecular complexity index is 965. The molecule has 3 aromatic rings. The minimum absolute atomic E-state index is 0.00719. The van der Waals surface area contributed by atoms with Gasteiger partial charge in [0.15, 0.2) is 11.5 Å². The van der Waals surface area contributed by atoms with Crippen LogP contribution in [-0.4, -0.2) is 32.6 Å². The number of amides is 3. The van der Waals surface area contributed by atoms with Gasteiger partial charge in [0.1, 0.15) is 0 Å². The number of urea groups is 1. The monoisotopic (exact) mass is 366 g/mol. The number of benzene rings is 1. The highest BCUT2D eigenvalue weighted by Crippen LogP contribution is 2.18. The van der Waals surface area contributed by atoms with Crippen molar-refractivity contribution in [3.8, 4) is 0 Å². The molecule has 27 heavy (non-hydrogen) atoms. The Morgan fingerprint density at radius 2 is 1.70 bits per heavy atom. The lowest BCUT2D eigenvalue weighted by atomic mass is 10.1. The first-order valence-electron chi connectivity index (χ1n) is 8.72. The molecule has 3 N–H and O–H groups in total. The fourth-order valence-corrected chi connectivity index (χ4v) is 2.70. The zero-order valence-corrected chi connectivity index (χ0v) is 15.4. The number of rotatable bonds is 5. The lowest BCUT2D eigenvalue weighted by Gasteiger charge is -2.16. The van der Waals surface area contributed by atoms with Gasteiger partial charge >= 0.3 is 6.03 Å². The molecule has 0 spiro atoms. The average molecular weight is 366 g/mol. The number of hydrogen-bond donors (Lipinski definition) is 3. The fourth-order valence-electron chi connectivity index (χ4n) is 2.70. The Hall–Kier alpha value is -3.42. The quantitative estimate of drug-likeness (QED) is 0.646. The van der Waals surface area contributed by atoms with Crippen molar-refractivity contribution in [1.29, 1.82) is 0 Å². The van der Waals surface area contributed by atoms with Crippen LogP contribution in [0.25, 0.3) is 5.65 Å². The molecule has 0 aliphatic rings. The van der Waals surface area contributed by atoms with Crippen LogP contribution in [-0.2, 0) is 0 Å². The number of hydrogen-bond acceptors (Lipinski definition) is 4. The van der Waals surface area contributed by atoms with Gasteiger partial charge in [-0.1, -0.05) is 18.2 Å². The Labute approximate surface area is 157 Å². The Kier molecular flexibility index (Phi) is 5.35. The highest BCUT2D eigenvalue weighted by atomic mass is 16.2. The van der Waals surface area contributed by atoms with Crippen LogP contribution in [0.2, 0.25) is 0 Å². The maximum Gasteiger partial charge on any atom is 0.319 e. The van der Waals surface area contributed by atoms with Crippen LogP contribution in [0.5, 0.6) is 0 Å². The molecular formula is C19H22N6O2. The molecule has 0 fully saturated rings. The van der Waals surface area contributed by atoms with Gasteiger partial charge in [-0.05, 0) is 45.0 Å². The van der Waals surface area contributed by atoms with Crippen LogP contribution >= 0.6 is 0 Å². The molecule has 0 saturated carbocycles. The molecule has 8 heteroatoms. The molecule has 8 nitrogen and oxygen atoms in total. The van der Waals surface area contributed by atoms with E-state index in [1.165, 1.54) is 0 Å². The molecule has 2 aromatic heterocycles. The van der Waals surface area contributed by atoms with Gasteiger partial charge in [0.2, 0.25) is 0 Å². The SMILES string of the molecule is CC(C)NC(=O)Nc1ccccc1C(=O)NC(C)c1nnc2ccccn12. The van der Waals surface area contributed by atoms with E-state index in [0.29, 0.717) is 22.7 Å². The van der Waals surface area contributed by atoms with E-state index < -0.39 is 0 Å². The molecule has 0 aliphatic heterocycles. The van der Waals surface area contributed by atoms with Crippen LogP contribution in [0.3, 0.4) is 0 Å². The van der Waals surface area contributed by atoms with E-state index in [9.17, 15) is 9.59 Å². The number of aromatic nitrogens is 3. The third-order valence-electron chi connectivity index (χ3n) is 3.91. The predicted molar refractivity (Wildman–Crippen MR) is 103 cm³/mol. The lowest BCUT2D eigenvalue weighted by molar-refractivity contribution is 0.0939. The summed E-state index contributed by atoms with van der Waals surface area (Å²) in [5.41, 5.74) is 1.52. The first-order valence-corrected chi connectivity index (χ1v) is 8.72. The third-order valence-corrected chi connectivity index (χ3v) is 3.91. The molecular weight excluding hydrogens is 344 g/mol. The number of carbonyl (C=O) groups is 2. The molecule has 0 saturated heterocycles. The third kappa shape index (κ3) is 4.22. The van der Waals surface area contributed by atoms with Crippen molar-refractivity contribution in [2.24, 2.45) is 0 Å². The number of fused-ring (bicyclic) bond motifs is 1. The Balaban J connectivity index is 1.77. The summed E-state index contributed by atoms with van der Waals surface area (Å²) >= 11 is 0. The summed E-state index contributed by atoms with van der Waals surface area (Å²) in [4.78, 5) is 24.7. The van der Waals surface area contributed by atoms with Crippen LogP contribution in [0.15, 0.2) is 48.7 Å². The summed E-state index contributed by atoms with van der Waals surface area (Å²) in [5.74, 6) is 0.317. The highest BCUT2D eigenvalue weighted by molar-refractivity contribution is 6.03. The number of anilines is 1. The molecule has 1 atom stereocenters. The summed E-state index contributed by atoms with van der Waals surface area (Å²) in [6.45, 7) is 5.56. The normalized spacial score (nSPS) is 12.0. The van der Waals surface area contributed by atoms with Crippen molar-refractivity contribution in [1.82, 2.24) is 25.2 Å². The minimum atomic E-state index is -0.368. The molecule has 0 radical (unpaired) electrons. The highest BCUT2D eigenvalue weighted by Gasteiger charge is 2.19. The molecule has 3 rings (SSSR count). The van der Waals surface area contributed by atoms with Crippen molar-refractivity contribution in [3.05, 3.63) is 60.0 Å². The van der Waals surface area contributed by atoms with E-state index in [1.54, 1.807) is 24.3 Å². The van der Waals surface area contributed by atoms with Crippen molar-refractivity contribution in [3.63, 3.8) is 0 Å². The van der Waals surface area contributed by atoms with E-state index >= 15 is 0 Å². The second kappa shape index (κ2) is 7.86. The van der Waals surface area contributed by atoms with Crippen molar-refractivity contribution in [2.75, 3.05) is 5.32 Å². The maximum absolute atomic E-state index is 12.8. The van der Waals surface area contributed by atoms with E-state index in [0.717, 1.165) is 0 Å². The van der Waals surface area contributed by atoms with Gasteiger partial charge in [0.25, 0.3) is 5.91 Å². The summed E-state index contributed by atoms with van der Waals surface area (Å²) in [5, 5.41) is 16.6. The van der Waals surface area contributed by atoms with Gasteiger partial charge < -0.3 is 16.0 Å². The summed E-state index contributed by atoms with van der Waals surface area (Å²) in [7, 11) is 0. The van der Waals surface area contributed by atoms with E-state index in [1.807, 2.05) is 49.6 Å². The number of pyridine rings is 1. The van der Waals surface area contributed by atoms with Gasteiger partial charge in [-0.2, -0.15) is 0 Å². The van der Waals surface area contributed by atoms with Crippen molar-refractivity contribution >= 4 is 23.3 Å². The van der Waals surface area contributed by atoms with Gasteiger partial charge in [0.05, 0.1) is 17.3 Å². The number of para-hydroxylation sites is 1. The van der Waals surface area contributed by atoms with Crippen LogP contribution in [0.4, 0.5) is 10.5 Å². The van der Waals surface area contributed by atoms with Gasteiger partial charge in [-0.3, -0.25) is 9.20 Å². The number of nitrogens with zero attached hydrogens (tertiary/aromatic N) is 3. The standard InChI is InChI=1S/C19H22N6O2/c1-12(2)20-19(27)22-15-9-5-4-8-14(15)18(26)21-13(3)17-24-23-16-10-6-7-11-25(16)17/h4-13H,1-3H3,(H,21,26)(H2,20,22,27). The molecule has 3 amide bonds. The van der Waals surface area contributed by atoms with Gasteiger partial charge in [-0.15, -0.1) is 10.2 Å². The lowest BCUT2D eigenvalue weighted by Crippen LogP contribution is -2.35. The van der Waals surface area contributed by atoms with Gasteiger partial charge in [-0.25, -0.2) is 4.79 Å². The maximum atomic E-state index is 12.8. The first-order chi connectivity index (χ1) is 13.0. The molecule has 140 valence electrons. The largest absolute Gasteiger partial charge is 0.342 e. The van der Waals surface area contributed by atoms with Gasteiger partial charge in [0, 0.05) is 12.2 Å². The summed E-state index contributed by atoms with van der Waals surface area (Å²) in [6, 6.07) is 11.7. The summed E-state index contributed by atoms with van der Waals surface area (Å²) in [6.07, 6.45) is 1.85. The predicted octanol–water partition coefficient (Wildman–Crippen LogP) is 2.75. The van der Waals surface area contributed by atoms with Crippen LogP contribution < -0.4 is 16.0 Å². The molecule has 1 unspecified atom stereocenters. The van der Waals surface area contributed by atoms with E-state index in [4.69, 9.17) is 0 Å². The second-order valence-corrected chi connectivity index (χ2v) is 6.48. The molecule has 0 aliphatic carbocycles. The van der Waals surface area contributed by atoms with Crippen molar-refractivity contribution in [2.45, 2.75) is 32.9 Å². The second-order valence-electron chi connectivity index (χ2n) is 6.48. The number of carbonyl (C=O) groups excluding carboxylic acids is 2. The van der Waals surface area contributed by atoms with Crippen molar-refractivity contribution < 1.29 is 9.59 Å². The molecule has 2 heterocycles. The van der Waals surface area contributed by atoms with E-state index in [2.05, 4.69) is 26.1 Å². The minimum Gasteiger partial charge on any atom is -0.342 e. The fraction of sp³-hybridized carbons (Fsp3) is 0.263. The Morgan fingerprint density at radius 3 is 2.48 bits per heavy atom. The topological polar surface area (TPSA) is 100 Å². The molecule has 0 bridgehead atoms.